The zero-order valence-electron chi connectivity index (χ0n) is 21.3. The van der Waals surface area contributed by atoms with E-state index >= 15 is 0 Å². The van der Waals surface area contributed by atoms with Crippen LogP contribution in [0, 0.1) is 0 Å². The lowest BCUT2D eigenvalue weighted by atomic mass is 9.88. The summed E-state index contributed by atoms with van der Waals surface area (Å²) >= 11 is 7.70. The minimum absolute atomic E-state index is 0.00623. The van der Waals surface area contributed by atoms with Gasteiger partial charge >= 0.3 is 0 Å². The molecule has 1 aromatic heterocycles. The number of benzene rings is 3. The second kappa shape index (κ2) is 13.2. The van der Waals surface area contributed by atoms with Gasteiger partial charge in [0, 0.05) is 36.0 Å². The quantitative estimate of drug-likeness (QED) is 0.228. The van der Waals surface area contributed by atoms with Crippen LogP contribution in [0.1, 0.15) is 44.5 Å². The molecule has 3 aromatic carbocycles. The summed E-state index contributed by atoms with van der Waals surface area (Å²) in [4.78, 5) is 21.9. The Bertz CT molecular complexity index is 1250. The van der Waals surface area contributed by atoms with E-state index in [1.165, 1.54) is 16.7 Å². The predicted molar refractivity (Wildman–Crippen MR) is 154 cm³/mol. The number of halogens is 1. The van der Waals surface area contributed by atoms with Crippen molar-refractivity contribution in [3.63, 3.8) is 0 Å². The minimum Gasteiger partial charge on any atom is -0.378 e. The summed E-state index contributed by atoms with van der Waals surface area (Å²) in [6.45, 7) is 4.75. The third-order valence-corrected chi connectivity index (χ3v) is 7.97. The number of hydrogen-bond donors (Lipinski definition) is 0. The molecule has 0 radical (unpaired) electrons. The van der Waals surface area contributed by atoms with Crippen molar-refractivity contribution < 1.29 is 9.53 Å². The van der Waals surface area contributed by atoms with Crippen molar-refractivity contribution in [2.45, 2.75) is 25.4 Å². The highest BCUT2D eigenvalue weighted by Gasteiger charge is 2.22. The third kappa shape index (κ3) is 7.08. The van der Waals surface area contributed by atoms with Gasteiger partial charge in [-0.25, -0.2) is 4.98 Å². The summed E-state index contributed by atoms with van der Waals surface area (Å²) in [5.41, 5.74) is 4.37. The van der Waals surface area contributed by atoms with Crippen LogP contribution in [0.5, 0.6) is 0 Å². The fraction of sp³-hybridized carbons (Fsp3) is 0.290. The summed E-state index contributed by atoms with van der Waals surface area (Å²) in [5.74, 6) is 0.285. The molecule has 196 valence electrons. The van der Waals surface area contributed by atoms with E-state index in [0.29, 0.717) is 44.5 Å². The first-order chi connectivity index (χ1) is 18.7. The fourth-order valence-corrected chi connectivity index (χ4v) is 5.81. The summed E-state index contributed by atoms with van der Waals surface area (Å²) in [6.07, 6.45) is 0.965. The third-order valence-electron chi connectivity index (χ3n) is 6.89. The van der Waals surface area contributed by atoms with E-state index in [0.717, 1.165) is 29.5 Å². The number of aromatic nitrogens is 1. The topological polar surface area (TPSA) is 45.7 Å². The molecule has 0 atom stereocenters. The number of carbonyl (C=O) groups excluding carboxylic acids is 1. The second-order valence-corrected chi connectivity index (χ2v) is 10.9. The van der Waals surface area contributed by atoms with Gasteiger partial charge in [0.1, 0.15) is 10.7 Å². The van der Waals surface area contributed by atoms with Crippen molar-refractivity contribution in [3.8, 4) is 0 Å². The molecule has 0 bridgehead atoms. The maximum atomic E-state index is 12.9. The lowest BCUT2D eigenvalue weighted by Crippen LogP contribution is -2.40. The van der Waals surface area contributed by atoms with Gasteiger partial charge in [-0.2, -0.15) is 0 Å². The Hall–Kier alpha value is -3.03. The predicted octanol–water partition coefficient (Wildman–Crippen LogP) is 6.49. The van der Waals surface area contributed by atoms with Crippen LogP contribution < -0.4 is 0 Å². The van der Waals surface area contributed by atoms with Gasteiger partial charge in [-0.1, -0.05) is 84.4 Å². The zero-order valence-corrected chi connectivity index (χ0v) is 22.9. The summed E-state index contributed by atoms with van der Waals surface area (Å²) in [5, 5.41) is 3.58. The molecule has 38 heavy (non-hydrogen) atoms. The number of carbonyl (C=O) groups is 1. The minimum atomic E-state index is -0.00623. The van der Waals surface area contributed by atoms with Crippen molar-refractivity contribution in [3.05, 3.63) is 123 Å². The number of rotatable bonds is 10. The van der Waals surface area contributed by atoms with E-state index in [4.69, 9.17) is 21.3 Å². The van der Waals surface area contributed by atoms with Gasteiger partial charge in [-0.15, -0.1) is 11.3 Å². The Balaban J connectivity index is 1.33. The average Bonchev–Trinajstić information content (AvgIpc) is 3.44. The first kappa shape index (κ1) is 26.6. The highest BCUT2D eigenvalue weighted by molar-refractivity contribution is 7.09. The summed E-state index contributed by atoms with van der Waals surface area (Å²) < 4.78 is 5.39. The van der Waals surface area contributed by atoms with Gasteiger partial charge in [0.15, 0.2) is 0 Å². The van der Waals surface area contributed by atoms with E-state index in [-0.39, 0.29) is 5.91 Å². The molecule has 0 saturated carbocycles. The second-order valence-electron chi connectivity index (χ2n) is 9.53. The van der Waals surface area contributed by atoms with Crippen LogP contribution in [-0.2, 0) is 17.8 Å². The van der Waals surface area contributed by atoms with Crippen LogP contribution in [0.15, 0.2) is 90.3 Å². The van der Waals surface area contributed by atoms with E-state index in [1.54, 1.807) is 11.3 Å². The normalized spacial score (nSPS) is 13.8. The molecule has 1 saturated heterocycles. The Morgan fingerprint density at radius 2 is 1.55 bits per heavy atom. The van der Waals surface area contributed by atoms with E-state index in [9.17, 15) is 4.79 Å². The maximum absolute atomic E-state index is 12.9. The number of thiazole rings is 1. The average molecular weight is 546 g/mol. The number of hydrogen-bond acceptors (Lipinski definition) is 5. The van der Waals surface area contributed by atoms with Gasteiger partial charge in [0.2, 0.25) is 0 Å². The monoisotopic (exact) mass is 545 g/mol. The fourth-order valence-electron chi connectivity index (χ4n) is 4.87. The van der Waals surface area contributed by atoms with Gasteiger partial charge in [0.05, 0.1) is 19.8 Å². The molecule has 0 N–H and O–H groups in total. The number of ether oxygens (including phenoxy) is 1. The molecular weight excluding hydrogens is 514 g/mol. The molecule has 1 fully saturated rings. The molecule has 5 rings (SSSR count). The standard InChI is InChI=1S/C31H32ClN3O2S/c32-27-13-11-24(12-14-27)21-34(22-30-33-29(23-38-30)31(36)35-17-19-37-20-18-35)16-15-28(25-7-3-1-4-8-25)26-9-5-2-6-10-26/h1-14,23,28H,15-22H2. The van der Waals surface area contributed by atoms with Crippen molar-refractivity contribution >= 4 is 28.8 Å². The maximum Gasteiger partial charge on any atom is 0.273 e. The highest BCUT2D eigenvalue weighted by atomic mass is 35.5. The Morgan fingerprint density at radius 3 is 2.18 bits per heavy atom. The van der Waals surface area contributed by atoms with Crippen LogP contribution in [0.3, 0.4) is 0 Å². The molecular formula is C31H32ClN3O2S. The molecule has 1 amide bonds. The first-order valence-corrected chi connectivity index (χ1v) is 14.3. The van der Waals surface area contributed by atoms with Crippen LogP contribution in [0.2, 0.25) is 5.02 Å². The van der Waals surface area contributed by atoms with Gasteiger partial charge < -0.3 is 9.64 Å². The van der Waals surface area contributed by atoms with Crippen molar-refractivity contribution in [2.75, 3.05) is 32.8 Å². The number of nitrogens with zero attached hydrogens (tertiary/aromatic N) is 3. The van der Waals surface area contributed by atoms with Gasteiger partial charge in [-0.3, -0.25) is 9.69 Å². The van der Waals surface area contributed by atoms with E-state index in [2.05, 4.69) is 77.7 Å². The van der Waals surface area contributed by atoms with Crippen molar-refractivity contribution in [2.24, 2.45) is 0 Å². The molecule has 4 aromatic rings. The van der Waals surface area contributed by atoms with Crippen molar-refractivity contribution in [1.29, 1.82) is 0 Å². The van der Waals surface area contributed by atoms with Gasteiger partial charge in [-0.05, 0) is 41.8 Å². The van der Waals surface area contributed by atoms with Crippen molar-refractivity contribution in [1.82, 2.24) is 14.8 Å². The van der Waals surface area contributed by atoms with E-state index < -0.39 is 0 Å². The van der Waals surface area contributed by atoms with Gasteiger partial charge in [0.25, 0.3) is 5.91 Å². The molecule has 7 heteroatoms. The summed E-state index contributed by atoms with van der Waals surface area (Å²) in [6, 6.07) is 29.5. The Kier molecular flexibility index (Phi) is 9.20. The molecule has 0 spiro atoms. The molecule has 1 aliphatic heterocycles. The molecule has 5 nitrogen and oxygen atoms in total. The van der Waals surface area contributed by atoms with E-state index in [1.807, 2.05) is 22.4 Å². The van der Waals surface area contributed by atoms with Crippen LogP contribution >= 0.6 is 22.9 Å². The lowest BCUT2D eigenvalue weighted by Gasteiger charge is -2.26. The molecule has 0 aliphatic carbocycles. The van der Waals surface area contributed by atoms with Crippen LogP contribution in [0.25, 0.3) is 0 Å². The smallest absolute Gasteiger partial charge is 0.273 e. The molecule has 0 unspecified atom stereocenters. The summed E-state index contributed by atoms with van der Waals surface area (Å²) in [7, 11) is 0. The Labute approximate surface area is 233 Å². The number of morpholine rings is 1. The largest absolute Gasteiger partial charge is 0.378 e. The van der Waals surface area contributed by atoms with Crippen LogP contribution in [0.4, 0.5) is 0 Å². The Morgan fingerprint density at radius 1 is 0.921 bits per heavy atom. The first-order valence-electron chi connectivity index (χ1n) is 13.0. The SMILES string of the molecule is O=C(c1csc(CN(CCC(c2ccccc2)c2ccccc2)Cc2ccc(Cl)cc2)n1)N1CCOCC1. The lowest BCUT2D eigenvalue weighted by molar-refractivity contribution is 0.0299. The highest BCUT2D eigenvalue weighted by Crippen LogP contribution is 2.29. The number of amides is 1. The molecule has 2 heterocycles. The van der Waals surface area contributed by atoms with Crippen LogP contribution in [-0.4, -0.2) is 53.5 Å². The molecule has 1 aliphatic rings. The zero-order chi connectivity index (χ0) is 26.2.